The van der Waals surface area contributed by atoms with Gasteiger partial charge in [0, 0.05) is 29.7 Å². The number of aryl methyl sites for hydroxylation is 1. The van der Waals surface area contributed by atoms with Crippen molar-refractivity contribution >= 4 is 22.7 Å². The van der Waals surface area contributed by atoms with E-state index in [1.165, 1.54) is 6.21 Å². The highest BCUT2D eigenvalue weighted by Crippen LogP contribution is 2.41. The zero-order valence-corrected chi connectivity index (χ0v) is 15.8. The summed E-state index contributed by atoms with van der Waals surface area (Å²) in [5.74, 6) is 1.68. The molecule has 140 valence electrons. The maximum Gasteiger partial charge on any atom is 0.203 e. The number of hydrogen-bond acceptors (Lipinski definition) is 5. The molecule has 3 rings (SSSR count). The fraction of sp³-hybridized carbons (Fsp3) is 0.190. The van der Waals surface area contributed by atoms with Gasteiger partial charge in [-0.1, -0.05) is 17.8 Å². The van der Waals surface area contributed by atoms with E-state index >= 15 is 0 Å². The van der Waals surface area contributed by atoms with Crippen molar-refractivity contribution in [3.8, 4) is 17.2 Å². The molecule has 0 unspecified atom stereocenters. The topological polar surface area (TPSA) is 65.2 Å². The van der Waals surface area contributed by atoms with Crippen LogP contribution in [0.3, 0.4) is 0 Å². The zero-order valence-electron chi connectivity index (χ0n) is 15.8. The lowest BCUT2D eigenvalue weighted by molar-refractivity contribution is 0.322. The molecule has 0 radical (unpaired) electrons. The summed E-state index contributed by atoms with van der Waals surface area (Å²) in [5, 5.41) is 13.0. The summed E-state index contributed by atoms with van der Waals surface area (Å²) < 4.78 is 18.2. The van der Waals surface area contributed by atoms with Crippen molar-refractivity contribution in [3.63, 3.8) is 0 Å². The van der Waals surface area contributed by atoms with Gasteiger partial charge in [0.15, 0.2) is 11.5 Å². The molecule has 3 aromatic rings. The average molecular weight is 366 g/mol. The van der Waals surface area contributed by atoms with Crippen molar-refractivity contribution in [2.45, 2.75) is 0 Å². The standard InChI is InChI=1S/C21H22N2O4/c1-13(15-9-19(25-3)21(27-5)20(10-15)26-4)14-6-7-18-17(8-14)16(11-22-24)12-23(18)2/h6-12,24H,1H2,2-5H3/b22-11-. The number of fused-ring (bicyclic) bond motifs is 1. The predicted molar refractivity (Wildman–Crippen MR) is 107 cm³/mol. The summed E-state index contributed by atoms with van der Waals surface area (Å²) >= 11 is 0. The number of hydrogen-bond donors (Lipinski definition) is 1. The second kappa shape index (κ2) is 7.45. The number of benzene rings is 2. The number of ether oxygens (including phenoxy) is 3. The van der Waals surface area contributed by atoms with Crippen molar-refractivity contribution in [2.75, 3.05) is 21.3 Å². The Morgan fingerprint density at radius 3 is 2.26 bits per heavy atom. The Kier molecular flexibility index (Phi) is 5.07. The quantitative estimate of drug-likeness (QED) is 0.406. The third-order valence-corrected chi connectivity index (χ3v) is 4.58. The summed E-state index contributed by atoms with van der Waals surface area (Å²) in [6.45, 7) is 4.25. The van der Waals surface area contributed by atoms with Crippen LogP contribution in [-0.2, 0) is 7.05 Å². The summed E-state index contributed by atoms with van der Waals surface area (Å²) in [6, 6.07) is 9.79. The van der Waals surface area contributed by atoms with Gasteiger partial charge in [0.2, 0.25) is 5.75 Å². The van der Waals surface area contributed by atoms with E-state index in [4.69, 9.17) is 19.4 Å². The molecule has 0 spiro atoms. The van der Waals surface area contributed by atoms with Crippen LogP contribution in [0.2, 0.25) is 0 Å². The van der Waals surface area contributed by atoms with E-state index in [1.807, 2.05) is 48.1 Å². The third-order valence-electron chi connectivity index (χ3n) is 4.58. The highest BCUT2D eigenvalue weighted by molar-refractivity contribution is 6.01. The van der Waals surface area contributed by atoms with E-state index < -0.39 is 0 Å². The van der Waals surface area contributed by atoms with E-state index in [2.05, 4.69) is 11.7 Å². The van der Waals surface area contributed by atoms with Crippen LogP contribution >= 0.6 is 0 Å². The van der Waals surface area contributed by atoms with Gasteiger partial charge >= 0.3 is 0 Å². The number of oxime groups is 1. The fourth-order valence-electron chi connectivity index (χ4n) is 3.20. The van der Waals surface area contributed by atoms with Crippen molar-refractivity contribution in [1.29, 1.82) is 0 Å². The maximum atomic E-state index is 8.91. The lowest BCUT2D eigenvalue weighted by atomic mass is 9.97. The second-order valence-corrected chi connectivity index (χ2v) is 6.06. The number of nitrogens with zero attached hydrogens (tertiary/aromatic N) is 2. The molecule has 0 bridgehead atoms. The molecular weight excluding hydrogens is 344 g/mol. The Bertz CT molecular complexity index is 1010. The van der Waals surface area contributed by atoms with Crippen LogP contribution in [0.1, 0.15) is 16.7 Å². The Balaban J connectivity index is 2.12. The molecule has 0 saturated carbocycles. The smallest absolute Gasteiger partial charge is 0.203 e. The van der Waals surface area contributed by atoms with E-state index in [1.54, 1.807) is 21.3 Å². The van der Waals surface area contributed by atoms with Gasteiger partial charge < -0.3 is 24.0 Å². The van der Waals surface area contributed by atoms with Crippen LogP contribution in [0.15, 0.2) is 48.3 Å². The largest absolute Gasteiger partial charge is 0.493 e. The maximum absolute atomic E-state index is 8.91. The zero-order chi connectivity index (χ0) is 19.6. The average Bonchev–Trinajstić information content (AvgIpc) is 3.01. The van der Waals surface area contributed by atoms with Gasteiger partial charge in [0.05, 0.1) is 27.5 Å². The molecule has 1 aromatic heterocycles. The molecule has 0 aliphatic carbocycles. The Morgan fingerprint density at radius 1 is 1.04 bits per heavy atom. The van der Waals surface area contributed by atoms with Crippen LogP contribution in [0, 0.1) is 0 Å². The minimum absolute atomic E-state index is 0.538. The molecule has 0 aliphatic heterocycles. The third kappa shape index (κ3) is 3.21. The van der Waals surface area contributed by atoms with Crippen molar-refractivity contribution < 1.29 is 19.4 Å². The van der Waals surface area contributed by atoms with Crippen LogP contribution < -0.4 is 14.2 Å². The molecule has 2 aromatic carbocycles. The van der Waals surface area contributed by atoms with Gasteiger partial charge in [-0.05, 0) is 41.0 Å². The molecule has 1 N–H and O–H groups in total. The van der Waals surface area contributed by atoms with Crippen molar-refractivity contribution in [1.82, 2.24) is 4.57 Å². The SMILES string of the molecule is C=C(c1cc(OC)c(OC)c(OC)c1)c1ccc2c(c1)c(/C=N\O)cn2C. The van der Waals surface area contributed by atoms with Gasteiger partial charge in [0.1, 0.15) is 0 Å². The van der Waals surface area contributed by atoms with Crippen molar-refractivity contribution in [2.24, 2.45) is 12.2 Å². The molecule has 0 atom stereocenters. The minimum Gasteiger partial charge on any atom is -0.493 e. The first kappa shape index (κ1) is 18.4. The first-order chi connectivity index (χ1) is 13.0. The lowest BCUT2D eigenvalue weighted by Crippen LogP contribution is -1.97. The van der Waals surface area contributed by atoms with E-state index in [9.17, 15) is 0 Å². The molecule has 0 fully saturated rings. The van der Waals surface area contributed by atoms with Crippen LogP contribution in [0.5, 0.6) is 17.2 Å². The fourth-order valence-corrected chi connectivity index (χ4v) is 3.20. The molecule has 6 nitrogen and oxygen atoms in total. The Morgan fingerprint density at radius 2 is 1.70 bits per heavy atom. The van der Waals surface area contributed by atoms with Crippen LogP contribution in [-0.4, -0.2) is 37.3 Å². The Labute approximate surface area is 157 Å². The molecule has 0 amide bonds. The predicted octanol–water partition coefficient (Wildman–Crippen LogP) is 4.07. The minimum atomic E-state index is 0.538. The van der Waals surface area contributed by atoms with E-state index in [0.29, 0.717) is 17.2 Å². The summed E-state index contributed by atoms with van der Waals surface area (Å²) in [7, 11) is 6.69. The summed E-state index contributed by atoms with van der Waals surface area (Å²) in [6.07, 6.45) is 3.34. The molecule has 0 aliphatic rings. The molecule has 0 saturated heterocycles. The summed E-state index contributed by atoms with van der Waals surface area (Å²) in [4.78, 5) is 0. The van der Waals surface area contributed by atoms with Gasteiger partial charge in [-0.15, -0.1) is 0 Å². The number of rotatable bonds is 6. The second-order valence-electron chi connectivity index (χ2n) is 6.06. The lowest BCUT2D eigenvalue weighted by Gasteiger charge is -2.15. The van der Waals surface area contributed by atoms with Gasteiger partial charge in [-0.2, -0.15) is 0 Å². The van der Waals surface area contributed by atoms with Gasteiger partial charge in [-0.3, -0.25) is 0 Å². The number of methoxy groups -OCH3 is 3. The normalized spacial score (nSPS) is 11.1. The highest BCUT2D eigenvalue weighted by Gasteiger charge is 2.16. The molecule has 1 heterocycles. The van der Waals surface area contributed by atoms with Crippen LogP contribution in [0.4, 0.5) is 0 Å². The van der Waals surface area contributed by atoms with Crippen molar-refractivity contribution in [3.05, 3.63) is 59.8 Å². The van der Waals surface area contributed by atoms with Gasteiger partial charge in [-0.25, -0.2) is 0 Å². The Hall–Kier alpha value is -3.41. The molecular formula is C21H22N2O4. The van der Waals surface area contributed by atoms with Gasteiger partial charge in [0.25, 0.3) is 0 Å². The molecule has 27 heavy (non-hydrogen) atoms. The summed E-state index contributed by atoms with van der Waals surface area (Å²) in [5.41, 5.74) is 4.47. The van der Waals surface area contributed by atoms with E-state index in [0.717, 1.165) is 33.2 Å². The monoisotopic (exact) mass is 366 g/mol. The highest BCUT2D eigenvalue weighted by atomic mass is 16.5. The van der Waals surface area contributed by atoms with Crippen LogP contribution in [0.25, 0.3) is 16.5 Å². The molecule has 6 heteroatoms. The first-order valence-corrected chi connectivity index (χ1v) is 8.30. The first-order valence-electron chi connectivity index (χ1n) is 8.30. The van der Waals surface area contributed by atoms with E-state index in [-0.39, 0.29) is 0 Å². The number of aromatic nitrogens is 1.